The van der Waals surface area contributed by atoms with Gasteiger partial charge in [-0.15, -0.1) is 0 Å². The zero-order valence-corrected chi connectivity index (χ0v) is 15.0. The summed E-state index contributed by atoms with van der Waals surface area (Å²) in [5.41, 5.74) is 3.73. The number of nitrogens with zero attached hydrogens (tertiary/aromatic N) is 3. The molecule has 2 aromatic rings. The van der Waals surface area contributed by atoms with Gasteiger partial charge in [0.2, 0.25) is 0 Å². The zero-order chi connectivity index (χ0) is 18.6. The molecule has 0 atom stereocenters. The molecule has 6 nitrogen and oxygen atoms in total. The van der Waals surface area contributed by atoms with E-state index in [0.29, 0.717) is 0 Å². The van der Waals surface area contributed by atoms with Gasteiger partial charge in [-0.2, -0.15) is 5.26 Å². The van der Waals surface area contributed by atoms with Gasteiger partial charge in [-0.25, -0.2) is 5.06 Å². The topological polar surface area (TPSA) is 67.5 Å². The van der Waals surface area contributed by atoms with Crippen LogP contribution in [-0.4, -0.2) is 36.8 Å². The molecule has 1 heterocycles. The van der Waals surface area contributed by atoms with Gasteiger partial charge in [0.15, 0.2) is 0 Å². The lowest BCUT2D eigenvalue weighted by atomic mass is 10.1. The normalized spacial score (nSPS) is 11.1. The maximum atomic E-state index is 12.1. The number of amides is 1. The van der Waals surface area contributed by atoms with Crippen molar-refractivity contribution in [3.05, 3.63) is 52.9 Å². The third kappa shape index (κ3) is 3.73. The molecular formula is C19H21N3O3. The van der Waals surface area contributed by atoms with Crippen LogP contribution in [-0.2, 0) is 9.63 Å². The Bertz CT molecular complexity index is 842. The zero-order valence-electron chi connectivity index (χ0n) is 15.0. The number of nitriles is 1. The Balaban J connectivity index is 2.46. The van der Waals surface area contributed by atoms with Crippen LogP contribution in [0, 0.1) is 25.2 Å². The minimum absolute atomic E-state index is 0.0133. The molecule has 0 spiro atoms. The van der Waals surface area contributed by atoms with E-state index in [0.717, 1.165) is 33.5 Å². The van der Waals surface area contributed by atoms with E-state index in [1.807, 2.05) is 50.2 Å². The molecule has 1 aromatic heterocycles. The van der Waals surface area contributed by atoms with Crippen molar-refractivity contribution in [2.45, 2.75) is 13.8 Å². The Hall–Kier alpha value is -3.04. The van der Waals surface area contributed by atoms with Gasteiger partial charge in [0.25, 0.3) is 5.91 Å². The van der Waals surface area contributed by atoms with Gasteiger partial charge in [-0.05, 0) is 55.8 Å². The standard InChI is InChI=1S/C19H21N3O3/c1-13-10-15(11-16(12-20)19(23)21(3)25-5)14(2)22(13)17-6-8-18(24-4)9-7-17/h6-11H,1-5H3. The molecule has 0 aliphatic heterocycles. The summed E-state index contributed by atoms with van der Waals surface area (Å²) in [7, 11) is 4.47. The largest absolute Gasteiger partial charge is 0.497 e. The highest BCUT2D eigenvalue weighted by atomic mass is 16.7. The number of ether oxygens (including phenoxy) is 1. The number of hydrogen-bond donors (Lipinski definition) is 0. The van der Waals surface area contributed by atoms with E-state index in [9.17, 15) is 10.1 Å². The number of aryl methyl sites for hydroxylation is 1. The molecule has 0 N–H and O–H groups in total. The molecule has 0 bridgehead atoms. The fraction of sp³-hybridized carbons (Fsp3) is 0.263. The number of carbonyl (C=O) groups is 1. The molecule has 1 amide bonds. The second-order valence-electron chi connectivity index (χ2n) is 5.51. The Morgan fingerprint density at radius 1 is 1.24 bits per heavy atom. The van der Waals surface area contributed by atoms with Crippen molar-refractivity contribution < 1.29 is 14.4 Å². The molecule has 0 fully saturated rings. The number of rotatable bonds is 5. The van der Waals surface area contributed by atoms with Gasteiger partial charge in [-0.3, -0.25) is 9.63 Å². The summed E-state index contributed by atoms with van der Waals surface area (Å²) in [4.78, 5) is 17.0. The Labute approximate surface area is 147 Å². The van der Waals surface area contributed by atoms with Crippen molar-refractivity contribution in [2.24, 2.45) is 0 Å². The predicted octanol–water partition coefficient (Wildman–Crippen LogP) is 3.03. The average Bonchev–Trinajstić information content (AvgIpc) is 2.91. The van der Waals surface area contributed by atoms with Crippen molar-refractivity contribution in [1.29, 1.82) is 5.26 Å². The predicted molar refractivity (Wildman–Crippen MR) is 95.2 cm³/mol. The lowest BCUT2D eigenvalue weighted by Gasteiger charge is -2.12. The lowest BCUT2D eigenvalue weighted by molar-refractivity contribution is -0.163. The number of hydroxylamine groups is 2. The van der Waals surface area contributed by atoms with Crippen LogP contribution < -0.4 is 4.74 Å². The van der Waals surface area contributed by atoms with Crippen molar-refractivity contribution in [3.8, 4) is 17.5 Å². The first-order chi connectivity index (χ1) is 11.9. The molecule has 0 saturated heterocycles. The highest BCUT2D eigenvalue weighted by Crippen LogP contribution is 2.24. The first-order valence-electron chi connectivity index (χ1n) is 7.70. The number of likely N-dealkylation sites (N-methyl/N-ethyl adjacent to an activating group) is 1. The smallest absolute Gasteiger partial charge is 0.287 e. The van der Waals surface area contributed by atoms with Crippen LogP contribution in [0.5, 0.6) is 5.75 Å². The summed E-state index contributed by atoms with van der Waals surface area (Å²) in [6, 6.07) is 11.6. The number of methoxy groups -OCH3 is 1. The van der Waals surface area contributed by atoms with Crippen LogP contribution >= 0.6 is 0 Å². The lowest BCUT2D eigenvalue weighted by Crippen LogP contribution is -2.26. The summed E-state index contributed by atoms with van der Waals surface area (Å²) in [5.74, 6) is 0.297. The highest BCUT2D eigenvalue weighted by Gasteiger charge is 2.16. The fourth-order valence-electron chi connectivity index (χ4n) is 2.61. The fourth-order valence-corrected chi connectivity index (χ4v) is 2.61. The van der Waals surface area contributed by atoms with Crippen molar-refractivity contribution in [2.75, 3.05) is 21.3 Å². The summed E-state index contributed by atoms with van der Waals surface area (Å²) < 4.78 is 7.25. The molecule has 130 valence electrons. The van der Waals surface area contributed by atoms with Crippen LogP contribution in [0.4, 0.5) is 0 Å². The monoisotopic (exact) mass is 339 g/mol. The van der Waals surface area contributed by atoms with Crippen LogP contribution in [0.15, 0.2) is 35.9 Å². The molecule has 25 heavy (non-hydrogen) atoms. The van der Waals surface area contributed by atoms with Gasteiger partial charge in [0.1, 0.15) is 17.4 Å². The molecule has 0 unspecified atom stereocenters. The number of benzene rings is 1. The summed E-state index contributed by atoms with van der Waals surface area (Å²) in [6.07, 6.45) is 1.58. The number of hydrogen-bond acceptors (Lipinski definition) is 4. The van der Waals surface area contributed by atoms with E-state index in [1.54, 1.807) is 13.2 Å². The van der Waals surface area contributed by atoms with Crippen molar-refractivity contribution in [1.82, 2.24) is 9.63 Å². The van der Waals surface area contributed by atoms with Gasteiger partial charge < -0.3 is 9.30 Å². The molecule has 0 aliphatic rings. The van der Waals surface area contributed by atoms with Crippen LogP contribution in [0.3, 0.4) is 0 Å². The maximum Gasteiger partial charge on any atom is 0.287 e. The summed E-state index contributed by atoms with van der Waals surface area (Å²) in [5, 5.41) is 10.3. The quantitative estimate of drug-likeness (QED) is 0.477. The molecule has 0 aliphatic carbocycles. The minimum atomic E-state index is -0.487. The number of aromatic nitrogens is 1. The summed E-state index contributed by atoms with van der Waals surface area (Å²) in [6.45, 7) is 3.92. The Kier molecular flexibility index (Phi) is 5.63. The summed E-state index contributed by atoms with van der Waals surface area (Å²) >= 11 is 0. The third-order valence-electron chi connectivity index (χ3n) is 4.01. The Morgan fingerprint density at radius 3 is 2.40 bits per heavy atom. The van der Waals surface area contributed by atoms with E-state index in [-0.39, 0.29) is 5.57 Å². The second kappa shape index (κ2) is 7.69. The van der Waals surface area contributed by atoms with E-state index in [1.165, 1.54) is 14.2 Å². The van der Waals surface area contributed by atoms with Gasteiger partial charge in [0, 0.05) is 24.1 Å². The van der Waals surface area contributed by atoms with Crippen LogP contribution in [0.25, 0.3) is 11.8 Å². The first-order valence-corrected chi connectivity index (χ1v) is 7.70. The van der Waals surface area contributed by atoms with E-state index in [2.05, 4.69) is 4.57 Å². The number of carbonyl (C=O) groups excluding carboxylic acids is 1. The highest BCUT2D eigenvalue weighted by molar-refractivity contribution is 6.01. The molecule has 2 rings (SSSR count). The molecule has 0 saturated carbocycles. The van der Waals surface area contributed by atoms with Gasteiger partial charge >= 0.3 is 0 Å². The Morgan fingerprint density at radius 2 is 1.88 bits per heavy atom. The second-order valence-corrected chi connectivity index (χ2v) is 5.51. The molecule has 6 heteroatoms. The van der Waals surface area contributed by atoms with Crippen molar-refractivity contribution >= 4 is 12.0 Å². The molecule has 1 aromatic carbocycles. The van der Waals surface area contributed by atoms with Crippen LogP contribution in [0.2, 0.25) is 0 Å². The van der Waals surface area contributed by atoms with E-state index in [4.69, 9.17) is 9.57 Å². The SMILES string of the molecule is COc1ccc(-n2c(C)cc(C=C(C#N)C(=O)N(C)OC)c2C)cc1. The molecule has 0 radical (unpaired) electrons. The minimum Gasteiger partial charge on any atom is -0.497 e. The van der Waals surface area contributed by atoms with Gasteiger partial charge in [-0.1, -0.05) is 0 Å². The van der Waals surface area contributed by atoms with Gasteiger partial charge in [0.05, 0.1) is 14.2 Å². The van der Waals surface area contributed by atoms with Crippen LogP contribution in [0.1, 0.15) is 17.0 Å². The molecular weight excluding hydrogens is 318 g/mol. The third-order valence-corrected chi connectivity index (χ3v) is 4.01. The van der Waals surface area contributed by atoms with Crippen molar-refractivity contribution in [3.63, 3.8) is 0 Å². The van der Waals surface area contributed by atoms with E-state index >= 15 is 0 Å². The first kappa shape index (κ1) is 18.3. The van der Waals surface area contributed by atoms with E-state index < -0.39 is 5.91 Å². The maximum absolute atomic E-state index is 12.1. The average molecular weight is 339 g/mol.